The van der Waals surface area contributed by atoms with Crippen LogP contribution in [-0.2, 0) is 18.3 Å². The van der Waals surface area contributed by atoms with Crippen LogP contribution in [0, 0.1) is 13.8 Å². The molecule has 3 rings (SSSR count). The van der Waals surface area contributed by atoms with Gasteiger partial charge in [0.2, 0.25) is 0 Å². The summed E-state index contributed by atoms with van der Waals surface area (Å²) < 4.78 is 3.83. The average Bonchev–Trinajstić information content (AvgIpc) is 3.02. The molecule has 0 spiro atoms. The van der Waals surface area contributed by atoms with Crippen molar-refractivity contribution in [3.8, 4) is 11.3 Å². The maximum Gasteiger partial charge on any atom is 0.303 e. The van der Waals surface area contributed by atoms with Crippen LogP contribution in [0.2, 0.25) is 0 Å². The summed E-state index contributed by atoms with van der Waals surface area (Å²) in [6.07, 6.45) is 2.61. The molecule has 0 aliphatic rings. The second-order valence-corrected chi connectivity index (χ2v) is 5.91. The van der Waals surface area contributed by atoms with E-state index >= 15 is 0 Å². The van der Waals surface area contributed by atoms with Gasteiger partial charge in [-0.3, -0.25) is 13.9 Å². The van der Waals surface area contributed by atoms with Crippen molar-refractivity contribution in [2.24, 2.45) is 7.05 Å². The molecule has 0 aliphatic heterocycles. The third-order valence-electron chi connectivity index (χ3n) is 3.64. The van der Waals surface area contributed by atoms with Crippen LogP contribution in [0.15, 0.2) is 11.6 Å². The largest absolute Gasteiger partial charge is 0.481 e. The van der Waals surface area contributed by atoms with E-state index in [0.717, 1.165) is 33.3 Å². The Morgan fingerprint density at radius 1 is 1.43 bits per heavy atom. The lowest BCUT2D eigenvalue weighted by atomic mass is 10.1. The second kappa shape index (κ2) is 5.00. The summed E-state index contributed by atoms with van der Waals surface area (Å²) in [6, 6.07) is 0. The molecule has 110 valence electrons. The van der Waals surface area contributed by atoms with Crippen LogP contribution in [0.5, 0.6) is 0 Å². The predicted octanol–water partition coefficient (Wildman–Crippen LogP) is 2.43. The highest BCUT2D eigenvalue weighted by molar-refractivity contribution is 7.15. The fourth-order valence-electron chi connectivity index (χ4n) is 2.51. The second-order valence-electron chi connectivity index (χ2n) is 5.07. The number of aromatic nitrogens is 4. The summed E-state index contributed by atoms with van der Waals surface area (Å²) in [5.74, 6) is -0.784. The molecule has 3 heterocycles. The van der Waals surface area contributed by atoms with Gasteiger partial charge < -0.3 is 5.11 Å². The van der Waals surface area contributed by atoms with Gasteiger partial charge in [-0.1, -0.05) is 0 Å². The van der Waals surface area contributed by atoms with E-state index in [1.807, 2.05) is 41.6 Å². The molecule has 0 aliphatic carbocycles. The highest BCUT2D eigenvalue weighted by Crippen LogP contribution is 2.28. The molecule has 0 radical (unpaired) electrons. The molecule has 0 aromatic carbocycles. The first kappa shape index (κ1) is 13.8. The number of hydrogen-bond donors (Lipinski definition) is 1. The van der Waals surface area contributed by atoms with E-state index in [2.05, 4.69) is 10.1 Å². The third-order valence-corrected chi connectivity index (χ3v) is 4.53. The summed E-state index contributed by atoms with van der Waals surface area (Å²) in [7, 11) is 1.92. The highest BCUT2D eigenvalue weighted by Gasteiger charge is 2.16. The van der Waals surface area contributed by atoms with Gasteiger partial charge >= 0.3 is 5.97 Å². The number of thiazole rings is 1. The lowest BCUT2D eigenvalue weighted by Gasteiger charge is -1.98. The number of imidazole rings is 1. The molecule has 6 nitrogen and oxygen atoms in total. The van der Waals surface area contributed by atoms with Crippen LogP contribution in [-0.4, -0.2) is 30.2 Å². The van der Waals surface area contributed by atoms with E-state index in [1.165, 1.54) is 11.3 Å². The molecule has 21 heavy (non-hydrogen) atoms. The van der Waals surface area contributed by atoms with Crippen molar-refractivity contribution in [1.82, 2.24) is 19.2 Å². The predicted molar refractivity (Wildman–Crippen MR) is 80.7 cm³/mol. The van der Waals surface area contributed by atoms with E-state index in [0.29, 0.717) is 6.42 Å². The topological polar surface area (TPSA) is 72.4 Å². The van der Waals surface area contributed by atoms with Crippen LogP contribution in [0.25, 0.3) is 16.2 Å². The summed E-state index contributed by atoms with van der Waals surface area (Å²) >= 11 is 1.53. The molecule has 0 unspecified atom stereocenters. The molecule has 7 heteroatoms. The Bertz CT molecular complexity index is 828. The van der Waals surface area contributed by atoms with Crippen LogP contribution < -0.4 is 0 Å². The molecular formula is C14H16N4O2S. The summed E-state index contributed by atoms with van der Waals surface area (Å²) in [5.41, 5.74) is 4.95. The van der Waals surface area contributed by atoms with Crippen LogP contribution in [0.3, 0.4) is 0 Å². The van der Waals surface area contributed by atoms with E-state index in [4.69, 9.17) is 5.11 Å². The van der Waals surface area contributed by atoms with Gasteiger partial charge in [-0.15, -0.1) is 11.3 Å². The van der Waals surface area contributed by atoms with Gasteiger partial charge in [0.25, 0.3) is 0 Å². The first-order chi connectivity index (χ1) is 9.97. The zero-order valence-corrected chi connectivity index (χ0v) is 12.9. The Hall–Kier alpha value is -2.15. The minimum atomic E-state index is -0.784. The number of carboxylic acid groups (broad SMARTS) is 1. The molecule has 0 bridgehead atoms. The molecule has 0 saturated heterocycles. The van der Waals surface area contributed by atoms with Gasteiger partial charge in [0.15, 0.2) is 4.96 Å². The number of fused-ring (bicyclic) bond motifs is 1. The van der Waals surface area contributed by atoms with Crippen LogP contribution >= 0.6 is 11.3 Å². The minimum Gasteiger partial charge on any atom is -0.481 e. The normalized spacial score (nSPS) is 11.4. The zero-order chi connectivity index (χ0) is 15.1. The number of carboxylic acids is 1. The van der Waals surface area contributed by atoms with E-state index < -0.39 is 5.97 Å². The summed E-state index contributed by atoms with van der Waals surface area (Å²) in [5, 5.41) is 15.2. The van der Waals surface area contributed by atoms with Gasteiger partial charge in [-0.2, -0.15) is 5.10 Å². The number of aryl methyl sites for hydroxylation is 3. The average molecular weight is 304 g/mol. The monoisotopic (exact) mass is 304 g/mol. The van der Waals surface area contributed by atoms with E-state index in [-0.39, 0.29) is 6.42 Å². The van der Waals surface area contributed by atoms with Gasteiger partial charge in [0.1, 0.15) is 0 Å². The van der Waals surface area contributed by atoms with Gasteiger partial charge in [-0.05, 0) is 20.3 Å². The van der Waals surface area contributed by atoms with E-state index in [1.54, 1.807) is 0 Å². The van der Waals surface area contributed by atoms with Crippen molar-refractivity contribution >= 4 is 22.3 Å². The summed E-state index contributed by atoms with van der Waals surface area (Å²) in [4.78, 5) is 16.2. The highest BCUT2D eigenvalue weighted by atomic mass is 32.1. The number of aliphatic carboxylic acids is 1. The maximum absolute atomic E-state index is 10.7. The van der Waals surface area contributed by atoms with Crippen molar-refractivity contribution in [1.29, 1.82) is 0 Å². The Labute approximate surface area is 125 Å². The lowest BCUT2D eigenvalue weighted by Crippen LogP contribution is -1.99. The number of rotatable bonds is 4. The van der Waals surface area contributed by atoms with Crippen LogP contribution in [0.1, 0.15) is 23.5 Å². The van der Waals surface area contributed by atoms with Crippen molar-refractivity contribution in [2.75, 3.05) is 0 Å². The minimum absolute atomic E-state index is 0.129. The number of nitrogens with zero attached hydrogens (tertiary/aromatic N) is 4. The fraction of sp³-hybridized carbons (Fsp3) is 0.357. The Kier molecular flexibility index (Phi) is 3.29. The quantitative estimate of drug-likeness (QED) is 0.803. The first-order valence-electron chi connectivity index (χ1n) is 6.65. The summed E-state index contributed by atoms with van der Waals surface area (Å²) in [6.45, 7) is 4.00. The third kappa shape index (κ3) is 2.33. The Morgan fingerprint density at radius 3 is 2.81 bits per heavy atom. The zero-order valence-electron chi connectivity index (χ0n) is 12.1. The fourth-order valence-corrected chi connectivity index (χ4v) is 3.42. The van der Waals surface area contributed by atoms with Crippen molar-refractivity contribution < 1.29 is 9.90 Å². The molecule has 0 fully saturated rings. The first-order valence-corrected chi connectivity index (χ1v) is 7.53. The number of carbonyl (C=O) groups is 1. The maximum atomic E-state index is 10.7. The smallest absolute Gasteiger partial charge is 0.303 e. The molecule has 3 aromatic rings. The van der Waals surface area contributed by atoms with Crippen molar-refractivity contribution in [2.45, 2.75) is 26.7 Å². The standard InChI is InChI=1S/C14H16N4O2S/c1-8-13(9(2)17(3)16-8)11-6-18-10(4-5-12(19)20)7-21-14(18)15-11/h6-7H,4-5H2,1-3H3,(H,19,20). The van der Waals surface area contributed by atoms with Crippen molar-refractivity contribution in [3.63, 3.8) is 0 Å². The molecule has 0 atom stereocenters. The van der Waals surface area contributed by atoms with Gasteiger partial charge in [0, 0.05) is 35.6 Å². The SMILES string of the molecule is Cc1nn(C)c(C)c1-c1cn2c(CCC(=O)O)csc2n1. The molecule has 3 aromatic heterocycles. The Morgan fingerprint density at radius 2 is 2.19 bits per heavy atom. The van der Waals surface area contributed by atoms with Crippen molar-refractivity contribution in [3.05, 3.63) is 28.7 Å². The molecule has 1 N–H and O–H groups in total. The van der Waals surface area contributed by atoms with Gasteiger partial charge in [0.05, 0.1) is 17.8 Å². The van der Waals surface area contributed by atoms with E-state index in [9.17, 15) is 4.79 Å². The van der Waals surface area contributed by atoms with Crippen LogP contribution in [0.4, 0.5) is 0 Å². The molecule has 0 amide bonds. The number of hydrogen-bond acceptors (Lipinski definition) is 4. The Balaban J connectivity index is 2.03. The van der Waals surface area contributed by atoms with Gasteiger partial charge in [-0.25, -0.2) is 4.98 Å². The lowest BCUT2D eigenvalue weighted by molar-refractivity contribution is -0.136. The molecule has 0 saturated carbocycles. The molecular weight excluding hydrogens is 288 g/mol.